The molecule has 3 nitrogen and oxygen atoms in total. The Hall–Kier alpha value is -1.03. The van der Waals surface area contributed by atoms with Crippen molar-refractivity contribution < 1.29 is 9.53 Å². The van der Waals surface area contributed by atoms with Crippen molar-refractivity contribution >= 4 is 27.7 Å². The lowest BCUT2D eigenvalue weighted by atomic mass is 9.70. The summed E-state index contributed by atoms with van der Waals surface area (Å²) in [6, 6.07) is 7.60. The van der Waals surface area contributed by atoms with Crippen LogP contribution in [-0.4, -0.2) is 11.7 Å². The zero-order valence-corrected chi connectivity index (χ0v) is 13.6. The van der Waals surface area contributed by atoms with Crippen LogP contribution in [0, 0.1) is 17.8 Å². The van der Waals surface area contributed by atoms with Crippen LogP contribution in [0.25, 0.3) is 0 Å². The highest BCUT2D eigenvalue weighted by Gasteiger charge is 2.56. The number of anilines is 1. The number of rotatable bonds is 2. The molecule has 1 aromatic rings. The molecule has 3 saturated carbocycles. The lowest BCUT2D eigenvalue weighted by Gasteiger charge is -2.41. The van der Waals surface area contributed by atoms with Crippen molar-refractivity contribution in [1.29, 1.82) is 0 Å². The molecule has 3 fully saturated rings. The molecule has 0 saturated heterocycles. The minimum absolute atomic E-state index is 0.170. The van der Waals surface area contributed by atoms with E-state index in [0.717, 1.165) is 34.8 Å². The van der Waals surface area contributed by atoms with Crippen LogP contribution < -0.4 is 5.32 Å². The average molecular weight is 350 g/mol. The van der Waals surface area contributed by atoms with Crippen molar-refractivity contribution in [3.63, 3.8) is 0 Å². The van der Waals surface area contributed by atoms with Gasteiger partial charge in [-0.05, 0) is 80.5 Å². The van der Waals surface area contributed by atoms with Crippen LogP contribution in [0.1, 0.15) is 38.5 Å². The van der Waals surface area contributed by atoms with E-state index < -0.39 is 0 Å². The van der Waals surface area contributed by atoms with Crippen LogP contribution in [0.5, 0.6) is 0 Å². The average Bonchev–Trinajstić information content (AvgIpc) is 2.61. The maximum Gasteiger partial charge on any atom is 0.412 e. The molecule has 4 atom stereocenters. The van der Waals surface area contributed by atoms with E-state index in [1.807, 2.05) is 24.3 Å². The largest absolute Gasteiger partial charge is 0.442 e. The van der Waals surface area contributed by atoms with Crippen LogP contribution in [0.3, 0.4) is 0 Å². The number of benzene rings is 1. The number of halogens is 1. The smallest absolute Gasteiger partial charge is 0.412 e. The third-order valence-electron chi connectivity index (χ3n) is 5.64. The molecular formula is C17H20BrNO2. The van der Waals surface area contributed by atoms with Crippen molar-refractivity contribution in [2.45, 2.75) is 44.1 Å². The quantitative estimate of drug-likeness (QED) is 0.818. The summed E-state index contributed by atoms with van der Waals surface area (Å²) in [4.78, 5) is 12.3. The third kappa shape index (κ3) is 2.48. The van der Waals surface area contributed by atoms with Crippen molar-refractivity contribution in [2.75, 3.05) is 5.32 Å². The Morgan fingerprint density at radius 2 is 1.95 bits per heavy atom. The lowest BCUT2D eigenvalue weighted by Crippen LogP contribution is -2.43. The predicted molar refractivity (Wildman–Crippen MR) is 85.1 cm³/mol. The zero-order valence-electron chi connectivity index (χ0n) is 12.0. The SMILES string of the molecule is O=C(Nc1ccc(Br)cc1)O[C@]12CCC3CC1C[C@@H](C3)C2. The minimum atomic E-state index is -0.289. The Balaban J connectivity index is 1.45. The van der Waals surface area contributed by atoms with Gasteiger partial charge in [0.05, 0.1) is 0 Å². The van der Waals surface area contributed by atoms with Crippen molar-refractivity contribution in [3.8, 4) is 0 Å². The number of fused-ring (bicyclic) bond motifs is 2. The van der Waals surface area contributed by atoms with Gasteiger partial charge in [-0.15, -0.1) is 0 Å². The molecule has 21 heavy (non-hydrogen) atoms. The van der Waals surface area contributed by atoms with E-state index >= 15 is 0 Å². The molecule has 0 radical (unpaired) electrons. The van der Waals surface area contributed by atoms with E-state index in [-0.39, 0.29) is 11.7 Å². The Morgan fingerprint density at radius 1 is 1.19 bits per heavy atom. The molecule has 0 spiro atoms. The summed E-state index contributed by atoms with van der Waals surface area (Å²) in [7, 11) is 0. The highest BCUT2D eigenvalue weighted by atomic mass is 79.9. The van der Waals surface area contributed by atoms with Gasteiger partial charge >= 0.3 is 6.09 Å². The van der Waals surface area contributed by atoms with Gasteiger partial charge < -0.3 is 4.74 Å². The van der Waals surface area contributed by atoms with Gasteiger partial charge in [-0.2, -0.15) is 0 Å². The second-order valence-corrected chi connectivity index (χ2v) is 7.88. The number of carbonyl (C=O) groups excluding carboxylic acids is 1. The first kappa shape index (κ1) is 13.6. The van der Waals surface area contributed by atoms with Crippen molar-refractivity contribution in [1.82, 2.24) is 0 Å². The molecule has 1 N–H and O–H groups in total. The van der Waals surface area contributed by atoms with Gasteiger partial charge in [-0.1, -0.05) is 15.9 Å². The summed E-state index contributed by atoms with van der Waals surface area (Å²) in [6.07, 6.45) is 6.98. The van der Waals surface area contributed by atoms with E-state index in [1.54, 1.807) is 0 Å². The standard InChI is InChI=1S/C17H20BrNO2/c18-14-1-3-15(4-2-14)19-16(20)21-17-6-5-11-7-12(10-17)9-13(17)8-11/h1-4,11-13H,5-10H2,(H,19,20)/t11?,12-,13?,17+/m1/s1. The molecule has 3 aliphatic carbocycles. The molecule has 4 rings (SSSR count). The van der Waals surface area contributed by atoms with E-state index in [2.05, 4.69) is 21.2 Å². The molecule has 1 aromatic carbocycles. The summed E-state index contributed by atoms with van der Waals surface area (Å²) in [6.45, 7) is 0. The topological polar surface area (TPSA) is 38.3 Å². The Kier molecular flexibility index (Phi) is 3.25. The third-order valence-corrected chi connectivity index (χ3v) is 6.17. The fourth-order valence-electron chi connectivity index (χ4n) is 4.84. The maximum absolute atomic E-state index is 12.3. The second kappa shape index (κ2) is 5.01. The first-order valence-corrected chi connectivity index (χ1v) is 8.68. The van der Waals surface area contributed by atoms with Crippen LogP contribution in [0.2, 0.25) is 0 Å². The number of amides is 1. The Labute approximate surface area is 133 Å². The second-order valence-electron chi connectivity index (χ2n) is 6.97. The highest BCUT2D eigenvalue weighted by Crippen LogP contribution is 2.58. The van der Waals surface area contributed by atoms with Crippen LogP contribution >= 0.6 is 15.9 Å². The monoisotopic (exact) mass is 349 g/mol. The molecule has 1 amide bonds. The maximum atomic E-state index is 12.3. The molecule has 2 unspecified atom stereocenters. The number of ether oxygens (including phenoxy) is 1. The molecule has 0 aliphatic heterocycles. The highest BCUT2D eigenvalue weighted by molar-refractivity contribution is 9.10. The normalized spacial score (nSPS) is 36.5. The van der Waals surface area contributed by atoms with E-state index in [0.29, 0.717) is 5.92 Å². The van der Waals surface area contributed by atoms with Gasteiger partial charge in [-0.25, -0.2) is 4.79 Å². The first-order chi connectivity index (χ1) is 10.1. The summed E-state index contributed by atoms with van der Waals surface area (Å²) in [5.74, 6) is 2.28. The van der Waals surface area contributed by atoms with Gasteiger partial charge in [0.25, 0.3) is 0 Å². The van der Waals surface area contributed by atoms with E-state index in [4.69, 9.17) is 4.74 Å². The van der Waals surface area contributed by atoms with Gasteiger partial charge in [0.15, 0.2) is 0 Å². The van der Waals surface area contributed by atoms with Gasteiger partial charge in [-0.3, -0.25) is 5.32 Å². The van der Waals surface area contributed by atoms with Crippen molar-refractivity contribution in [2.24, 2.45) is 17.8 Å². The summed E-state index contributed by atoms with van der Waals surface area (Å²) in [5, 5.41) is 2.87. The van der Waals surface area contributed by atoms with Crippen LogP contribution in [-0.2, 0) is 4.74 Å². The van der Waals surface area contributed by atoms with Gasteiger partial charge in [0.2, 0.25) is 0 Å². The van der Waals surface area contributed by atoms with Crippen LogP contribution in [0.4, 0.5) is 10.5 Å². The summed E-state index contributed by atoms with van der Waals surface area (Å²) < 4.78 is 6.98. The fourth-order valence-corrected chi connectivity index (χ4v) is 5.11. The predicted octanol–water partition coefficient (Wildman–Crippen LogP) is 4.97. The van der Waals surface area contributed by atoms with Crippen molar-refractivity contribution in [3.05, 3.63) is 28.7 Å². The molecule has 3 aliphatic rings. The molecule has 3 bridgehead atoms. The summed E-state index contributed by atoms with van der Waals surface area (Å²) >= 11 is 3.39. The number of hydrogen-bond acceptors (Lipinski definition) is 2. The van der Waals surface area contributed by atoms with Crippen LogP contribution in [0.15, 0.2) is 28.7 Å². The number of hydrogen-bond donors (Lipinski definition) is 1. The number of carbonyl (C=O) groups is 1. The fraction of sp³-hybridized carbons (Fsp3) is 0.588. The Morgan fingerprint density at radius 3 is 2.76 bits per heavy atom. The molecule has 4 heteroatoms. The Bertz CT molecular complexity index is 558. The molecule has 112 valence electrons. The molecule has 0 aromatic heterocycles. The summed E-state index contributed by atoms with van der Waals surface area (Å²) in [5.41, 5.74) is 0.617. The number of nitrogens with one attached hydrogen (secondary N) is 1. The zero-order chi connectivity index (χ0) is 14.4. The van der Waals surface area contributed by atoms with E-state index in [9.17, 15) is 4.79 Å². The molecule has 0 heterocycles. The van der Waals surface area contributed by atoms with E-state index in [1.165, 1.54) is 25.7 Å². The van der Waals surface area contributed by atoms with Gasteiger partial charge in [0, 0.05) is 10.2 Å². The molecular weight excluding hydrogens is 330 g/mol. The lowest BCUT2D eigenvalue weighted by molar-refractivity contribution is -0.0440. The first-order valence-electron chi connectivity index (χ1n) is 7.88. The minimum Gasteiger partial charge on any atom is -0.442 e. The van der Waals surface area contributed by atoms with Gasteiger partial charge in [0.1, 0.15) is 5.60 Å².